The molecule has 0 aromatic carbocycles. The van der Waals surface area contributed by atoms with Crippen molar-refractivity contribution in [3.63, 3.8) is 0 Å². The Bertz CT molecular complexity index is 321. The molecule has 0 aliphatic rings. The third-order valence-corrected chi connectivity index (χ3v) is 3.69. The van der Waals surface area contributed by atoms with E-state index in [1.54, 1.807) is 15.7 Å². The summed E-state index contributed by atoms with van der Waals surface area (Å²) in [4.78, 5) is 23.4. The van der Waals surface area contributed by atoms with Crippen molar-refractivity contribution in [1.82, 2.24) is 10.6 Å². The molecular formula is C9H16B2Br4N2O2. The maximum atomic E-state index is 11.7. The SMILES string of the molecule is BC(Br)(Br)C(=O)NCC(C)(C)CNC(=O)C(B)(Br)Br. The van der Waals surface area contributed by atoms with Gasteiger partial charge >= 0.3 is 0 Å². The van der Waals surface area contributed by atoms with Crippen LogP contribution in [0.25, 0.3) is 0 Å². The minimum atomic E-state index is -0.774. The van der Waals surface area contributed by atoms with Crippen LogP contribution in [0.3, 0.4) is 0 Å². The van der Waals surface area contributed by atoms with E-state index in [1.165, 1.54) is 0 Å². The Kier molecular flexibility index (Phi) is 7.69. The summed E-state index contributed by atoms with van der Waals surface area (Å²) in [5, 5.41) is 5.64. The van der Waals surface area contributed by atoms with Crippen LogP contribution in [0, 0.1) is 5.41 Å². The van der Waals surface area contributed by atoms with Gasteiger partial charge in [0.1, 0.15) is 22.0 Å². The largest absolute Gasteiger partial charge is 0.354 e. The standard InChI is InChI=1S/C9H16B2Br4N2O2/c1-7(2,3-16-5(18)8(10,12)13)4-17-6(19)9(11,14)15/h3-4,10-11H2,1-2H3,(H,16,18)(H,17,19). The minimum Gasteiger partial charge on any atom is -0.354 e. The fourth-order valence-electron chi connectivity index (χ4n) is 1.01. The molecule has 0 spiro atoms. The summed E-state index contributed by atoms with van der Waals surface area (Å²) in [6.45, 7) is 4.85. The van der Waals surface area contributed by atoms with Crippen molar-refractivity contribution < 1.29 is 9.59 Å². The molecule has 2 amide bonds. The Morgan fingerprint density at radius 2 is 1.16 bits per heavy atom. The molecule has 0 saturated heterocycles. The first-order valence-electron chi connectivity index (χ1n) is 5.58. The summed E-state index contributed by atoms with van der Waals surface area (Å²) >= 11 is 12.9. The highest BCUT2D eigenvalue weighted by atomic mass is 79.9. The number of alkyl halides is 4. The Balaban J connectivity index is 4.28. The van der Waals surface area contributed by atoms with Crippen LogP contribution in [0.15, 0.2) is 0 Å². The quantitative estimate of drug-likeness (QED) is 0.390. The second kappa shape index (κ2) is 7.31. The van der Waals surface area contributed by atoms with Gasteiger partial charge < -0.3 is 10.6 Å². The monoisotopic (exact) mass is 522 g/mol. The first-order chi connectivity index (χ1) is 8.26. The molecule has 108 valence electrons. The molecule has 0 fully saturated rings. The lowest BCUT2D eigenvalue weighted by Gasteiger charge is -2.28. The van der Waals surface area contributed by atoms with E-state index in [2.05, 4.69) is 74.4 Å². The first kappa shape index (κ1) is 20.0. The van der Waals surface area contributed by atoms with Crippen LogP contribution in [0.5, 0.6) is 0 Å². The van der Waals surface area contributed by atoms with Crippen LogP contribution in [0.2, 0.25) is 0 Å². The second-order valence-electron chi connectivity index (χ2n) is 5.31. The molecule has 0 heterocycles. The average molecular weight is 525 g/mol. The highest BCUT2D eigenvalue weighted by Crippen LogP contribution is 2.23. The van der Waals surface area contributed by atoms with Gasteiger partial charge in [-0.05, 0) is 5.41 Å². The summed E-state index contributed by atoms with van der Waals surface area (Å²) in [6.07, 6.45) is 0. The van der Waals surface area contributed by atoms with Crippen molar-refractivity contribution in [2.45, 2.75) is 20.1 Å². The third kappa shape index (κ3) is 8.78. The molecule has 0 aliphatic heterocycles. The summed E-state index contributed by atoms with van der Waals surface area (Å²) in [5.74, 6) is -0.310. The lowest BCUT2D eigenvalue weighted by Crippen LogP contribution is -2.48. The predicted molar refractivity (Wildman–Crippen MR) is 98.1 cm³/mol. The molecule has 2 N–H and O–H groups in total. The van der Waals surface area contributed by atoms with Gasteiger partial charge in [-0.2, -0.15) is 0 Å². The molecular weight excluding hydrogens is 509 g/mol. The normalized spacial score (nSPS) is 12.9. The van der Waals surface area contributed by atoms with Crippen LogP contribution in [-0.4, -0.2) is 46.9 Å². The summed E-state index contributed by atoms with van der Waals surface area (Å²) in [5.41, 5.74) is -0.248. The van der Waals surface area contributed by atoms with Crippen LogP contribution in [-0.2, 0) is 9.59 Å². The maximum Gasteiger partial charge on any atom is 0.238 e. The number of halogens is 4. The molecule has 0 rings (SSSR count). The average Bonchev–Trinajstić information content (AvgIpc) is 2.20. The molecule has 0 aromatic rings. The third-order valence-electron chi connectivity index (χ3n) is 2.25. The molecule has 10 heteroatoms. The number of nitrogens with one attached hydrogen (secondary N) is 2. The van der Waals surface area contributed by atoms with Crippen LogP contribution >= 0.6 is 63.7 Å². The van der Waals surface area contributed by atoms with E-state index in [1.807, 2.05) is 13.8 Å². The molecule has 0 aliphatic carbocycles. The summed E-state index contributed by atoms with van der Waals surface area (Å²) < 4.78 is -1.55. The minimum absolute atomic E-state index is 0.155. The summed E-state index contributed by atoms with van der Waals surface area (Å²) in [6, 6.07) is 0. The Labute approximate surface area is 149 Å². The fourth-order valence-corrected chi connectivity index (χ4v) is 1.57. The highest BCUT2D eigenvalue weighted by Gasteiger charge is 2.30. The Morgan fingerprint density at radius 3 is 1.37 bits per heavy atom. The van der Waals surface area contributed by atoms with E-state index in [-0.39, 0.29) is 17.2 Å². The van der Waals surface area contributed by atoms with Gasteiger partial charge in [-0.3, -0.25) is 9.59 Å². The lowest BCUT2D eigenvalue weighted by atomic mass is 9.92. The van der Waals surface area contributed by atoms with Crippen molar-refractivity contribution in [3.05, 3.63) is 0 Å². The molecule has 0 unspecified atom stereocenters. The summed E-state index contributed by atoms with van der Waals surface area (Å²) in [7, 11) is 3.41. The van der Waals surface area contributed by atoms with Crippen molar-refractivity contribution >= 4 is 91.2 Å². The van der Waals surface area contributed by atoms with Gasteiger partial charge in [0.25, 0.3) is 0 Å². The molecule has 0 aromatic heterocycles. The molecule has 4 nitrogen and oxygen atoms in total. The topological polar surface area (TPSA) is 58.2 Å². The van der Waals surface area contributed by atoms with Gasteiger partial charge in [0.15, 0.2) is 0 Å². The molecule has 0 atom stereocenters. The van der Waals surface area contributed by atoms with E-state index in [9.17, 15) is 9.59 Å². The number of rotatable bonds is 6. The predicted octanol–water partition coefficient (Wildman–Crippen LogP) is 0.398. The van der Waals surface area contributed by atoms with Crippen molar-refractivity contribution in [2.24, 2.45) is 5.41 Å². The van der Waals surface area contributed by atoms with Gasteiger partial charge in [-0.1, -0.05) is 77.6 Å². The van der Waals surface area contributed by atoms with Crippen molar-refractivity contribution in [2.75, 3.05) is 13.1 Å². The van der Waals surface area contributed by atoms with Crippen molar-refractivity contribution in [1.29, 1.82) is 0 Å². The highest BCUT2D eigenvalue weighted by molar-refractivity contribution is 9.26. The van der Waals surface area contributed by atoms with E-state index >= 15 is 0 Å². The van der Waals surface area contributed by atoms with Gasteiger partial charge in [0, 0.05) is 13.1 Å². The van der Waals surface area contributed by atoms with Crippen LogP contribution < -0.4 is 10.6 Å². The van der Waals surface area contributed by atoms with E-state index < -0.39 is 6.27 Å². The fraction of sp³-hybridized carbons (Fsp3) is 0.778. The van der Waals surface area contributed by atoms with Gasteiger partial charge in [0.05, 0.1) is 0 Å². The smallest absolute Gasteiger partial charge is 0.238 e. The Hall–Kier alpha value is 0.990. The maximum absolute atomic E-state index is 11.7. The zero-order valence-electron chi connectivity index (χ0n) is 11.2. The van der Waals surface area contributed by atoms with Gasteiger partial charge in [-0.15, -0.1) is 0 Å². The van der Waals surface area contributed by atoms with Crippen LogP contribution in [0.4, 0.5) is 0 Å². The van der Waals surface area contributed by atoms with Gasteiger partial charge in [-0.25, -0.2) is 0 Å². The van der Waals surface area contributed by atoms with Crippen LogP contribution in [0.1, 0.15) is 13.8 Å². The zero-order chi connectivity index (χ0) is 15.5. The first-order valence-corrected chi connectivity index (χ1v) is 8.75. The lowest BCUT2D eigenvalue weighted by molar-refractivity contribution is -0.120. The molecule has 0 bridgehead atoms. The van der Waals surface area contributed by atoms with E-state index in [4.69, 9.17) is 0 Å². The number of carbonyl (C=O) groups excluding carboxylic acids is 2. The molecule has 0 radical (unpaired) electrons. The zero-order valence-corrected chi connectivity index (χ0v) is 17.6. The van der Waals surface area contributed by atoms with E-state index in [0.717, 1.165) is 0 Å². The molecule has 0 saturated carbocycles. The molecule has 19 heavy (non-hydrogen) atoms. The number of hydrogen-bond donors (Lipinski definition) is 2. The number of carbonyl (C=O) groups is 2. The number of hydrogen-bond acceptors (Lipinski definition) is 2. The second-order valence-corrected chi connectivity index (χ2v) is 13.8. The van der Waals surface area contributed by atoms with Gasteiger partial charge in [0.2, 0.25) is 11.8 Å². The Morgan fingerprint density at radius 1 is 0.895 bits per heavy atom. The number of amides is 2. The van der Waals surface area contributed by atoms with E-state index in [0.29, 0.717) is 13.1 Å². The van der Waals surface area contributed by atoms with Crippen molar-refractivity contribution in [3.8, 4) is 0 Å².